The number of methoxy groups -OCH3 is 2. The van der Waals surface area contributed by atoms with Crippen molar-refractivity contribution in [3.63, 3.8) is 0 Å². The fourth-order valence-electron chi connectivity index (χ4n) is 14.3. The van der Waals surface area contributed by atoms with Crippen molar-refractivity contribution in [2.75, 3.05) is 20.8 Å². The molecule has 1 unspecified atom stereocenters. The Morgan fingerprint density at radius 2 is 0.881 bits per heavy atom. The van der Waals surface area contributed by atoms with Gasteiger partial charge < -0.3 is 71.0 Å². The average Bonchev–Trinajstić information content (AvgIpc) is 1.61. The van der Waals surface area contributed by atoms with E-state index in [0.717, 1.165) is 71.0 Å². The fourth-order valence-corrected chi connectivity index (χ4v) is 14.3. The second-order valence-electron chi connectivity index (χ2n) is 33.7. The van der Waals surface area contributed by atoms with Gasteiger partial charge >= 0.3 is 24.0 Å². The van der Waals surface area contributed by atoms with Crippen LogP contribution in [0, 0.1) is 29.6 Å². The van der Waals surface area contributed by atoms with E-state index in [9.17, 15) is 52.7 Å². The van der Waals surface area contributed by atoms with Crippen molar-refractivity contribution in [1.29, 1.82) is 0 Å². The Bertz CT molecular complexity index is 3940. The maximum Gasteiger partial charge on any atom is 0.407 e. The Hall–Kier alpha value is -10.3. The molecule has 9 atom stereocenters. The molecule has 118 heavy (non-hydrogen) atoms. The van der Waals surface area contributed by atoms with Crippen LogP contribution in [-0.2, 0) is 73.5 Å². The van der Waals surface area contributed by atoms with E-state index < -0.39 is 144 Å². The highest BCUT2D eigenvalue weighted by Crippen LogP contribution is 2.44. The van der Waals surface area contributed by atoms with E-state index >= 15 is 0 Å². The monoisotopic (exact) mass is 1630 g/mol. The maximum absolute atomic E-state index is 15.0. The Balaban J connectivity index is 1.21. The van der Waals surface area contributed by atoms with E-state index in [1.165, 1.54) is 19.3 Å². The van der Waals surface area contributed by atoms with Gasteiger partial charge in [-0.1, -0.05) is 237 Å². The first-order chi connectivity index (χ1) is 56.2. The minimum Gasteiger partial charge on any atom is -0.497 e. The lowest BCUT2D eigenvalue weighted by atomic mass is 9.97. The summed E-state index contributed by atoms with van der Waals surface area (Å²) in [5, 5.41) is 22.5. The summed E-state index contributed by atoms with van der Waals surface area (Å²) in [6.45, 7) is 24.9. The van der Waals surface area contributed by atoms with Gasteiger partial charge in [-0.25, -0.2) is 9.59 Å². The van der Waals surface area contributed by atoms with Crippen LogP contribution in [0.25, 0.3) is 11.1 Å². The molecule has 5 aromatic carbocycles. The summed E-state index contributed by atoms with van der Waals surface area (Å²) in [5.74, 6) is -8.76. The Labute approximate surface area is 699 Å². The summed E-state index contributed by atoms with van der Waals surface area (Å²) in [6, 6.07) is 28.7. The zero-order valence-electron chi connectivity index (χ0n) is 72.4. The van der Waals surface area contributed by atoms with Crippen molar-refractivity contribution in [2.24, 2.45) is 29.6 Å². The number of nitrogens with one attached hydrogen (secondary N) is 8. The number of alkyl carbamates (subject to hydrolysis) is 1. The minimum absolute atomic E-state index is 0.0316. The van der Waals surface area contributed by atoms with E-state index in [1.54, 1.807) is 80.0 Å². The van der Waals surface area contributed by atoms with Gasteiger partial charge in [0, 0.05) is 12.3 Å². The third kappa shape index (κ3) is 32.5. The molecule has 0 heterocycles. The highest BCUT2D eigenvalue weighted by Gasteiger charge is 2.40. The van der Waals surface area contributed by atoms with Gasteiger partial charge in [0.2, 0.25) is 41.4 Å². The quantitative estimate of drug-likeness (QED) is 0.0102. The molecule has 6 rings (SSSR count). The van der Waals surface area contributed by atoms with Crippen LogP contribution in [0.4, 0.5) is 4.79 Å². The van der Waals surface area contributed by atoms with Crippen LogP contribution in [0.5, 0.6) is 11.5 Å². The van der Waals surface area contributed by atoms with E-state index in [2.05, 4.69) is 49.5 Å². The van der Waals surface area contributed by atoms with Gasteiger partial charge in [-0.3, -0.25) is 43.2 Å². The molecule has 1 aliphatic rings. The van der Waals surface area contributed by atoms with Crippen LogP contribution in [0.3, 0.4) is 0 Å². The average molecular weight is 1630 g/mol. The van der Waals surface area contributed by atoms with Crippen LogP contribution in [0.15, 0.2) is 127 Å². The molecular weight excluding hydrogens is 1500 g/mol. The van der Waals surface area contributed by atoms with Crippen LogP contribution in [0.2, 0.25) is 0 Å². The Kier molecular flexibility index (Phi) is 40.2. The fraction of sp³-hybridized carbons (Fsp3) is 0.559. The molecule has 0 aliphatic heterocycles. The van der Waals surface area contributed by atoms with Gasteiger partial charge in [0.1, 0.15) is 78.7 Å². The molecule has 0 spiro atoms. The minimum atomic E-state index is -1.71. The first-order valence-corrected chi connectivity index (χ1v) is 42.3. The summed E-state index contributed by atoms with van der Waals surface area (Å²) in [7, 11) is 3.10. The first kappa shape index (κ1) is 96.5. The second kappa shape index (κ2) is 49.2. The Morgan fingerprint density at radius 1 is 0.432 bits per heavy atom. The van der Waals surface area contributed by atoms with Crippen LogP contribution in [0.1, 0.15) is 252 Å². The molecular formula is C93H132N8O17. The van der Waals surface area contributed by atoms with Gasteiger partial charge in [0.25, 0.3) is 0 Å². The molecule has 0 saturated carbocycles. The lowest BCUT2D eigenvalue weighted by Crippen LogP contribution is -2.61. The number of rotatable bonds is 50. The third-order valence-electron chi connectivity index (χ3n) is 20.8. The first-order valence-electron chi connectivity index (χ1n) is 42.3. The second-order valence-corrected chi connectivity index (χ2v) is 33.7. The third-order valence-corrected chi connectivity index (χ3v) is 20.8. The van der Waals surface area contributed by atoms with E-state index in [0.29, 0.717) is 30.8 Å². The summed E-state index contributed by atoms with van der Waals surface area (Å²) >= 11 is 0. The standard InChI is InChI=1S/C93H132N8O17/c1-17-19-20-21-22-23-24-25-29-36-68(54-80(103)115-56-63-34-27-26-28-35-63)117-91(111)83(62(11)18-2)101-89(109)77(53-60(7)8)96-87(107)78(55-81(104)118-93(12,13)14)97-90(110)82(61(9)10)100-88(108)76(52-59(5)6)95-86(106)75(51-58(3)4)94-85(105)74(98-92(112)116-57-73-71-39-32-30-37-69(71)70-38-31-33-40-72(70)73)49-50-79(102)99-84(64-41-45-66(113-15)46-42-64)65-43-47-67(114-16)48-44-65/h26-28,30-35,37-48,58-62,68,73-78,82-84H,17-25,29,36,49-57H2,1-16H3,(H,94,105)(H,95,106)(H,96,107)(H,97,110)(H,98,112)(H,99,102)(H,100,108)(H,101,109)/t62-,68?,74-,75-,76-,77+,78-,82-,83-/m0/s1. The SMILES string of the molecule is CCCCCCCCCCCC(CC(=O)OCc1ccccc1)OC(=O)[C@@H](NC(=O)[C@@H](CC(C)C)NC(=O)[C@H](CC(=O)OC(C)(C)C)NC(=O)[C@@H](NC(=O)[C@H](CC(C)C)NC(=O)[C@H](CC(C)C)NC(=O)[C@H](CCC(=O)NC(c1ccc(OC)cc1)c1ccc(OC)cc1)NC(=O)OCC1c2ccccc2-c2ccccc21)C(C)C)[C@@H](C)CC. The predicted molar refractivity (Wildman–Crippen MR) is 454 cm³/mol. The number of benzene rings is 5. The molecule has 25 heteroatoms. The van der Waals surface area contributed by atoms with E-state index in [1.807, 2.05) is 152 Å². The zero-order chi connectivity index (χ0) is 86.6. The molecule has 0 radical (unpaired) electrons. The molecule has 8 amide bonds. The van der Waals surface area contributed by atoms with Gasteiger partial charge in [0.05, 0.1) is 33.1 Å². The molecule has 8 N–H and O–H groups in total. The number of esters is 3. The van der Waals surface area contributed by atoms with Crippen LogP contribution < -0.4 is 52.0 Å². The maximum atomic E-state index is 15.0. The highest BCUT2D eigenvalue weighted by atomic mass is 16.6. The van der Waals surface area contributed by atoms with Gasteiger partial charge in [0.15, 0.2) is 0 Å². The molecule has 646 valence electrons. The highest BCUT2D eigenvalue weighted by molar-refractivity contribution is 5.99. The largest absolute Gasteiger partial charge is 0.497 e. The number of unbranched alkanes of at least 4 members (excludes halogenated alkanes) is 8. The van der Waals surface area contributed by atoms with Crippen molar-refractivity contribution >= 4 is 65.4 Å². The molecule has 0 fully saturated rings. The number of hydrogen-bond donors (Lipinski definition) is 8. The molecule has 25 nitrogen and oxygen atoms in total. The summed E-state index contributed by atoms with van der Waals surface area (Å²) < 4.78 is 34.2. The van der Waals surface area contributed by atoms with Crippen molar-refractivity contribution in [3.05, 3.63) is 155 Å². The van der Waals surface area contributed by atoms with Crippen LogP contribution >= 0.6 is 0 Å². The normalized spacial score (nSPS) is 14.2. The number of hydrogen-bond acceptors (Lipinski definition) is 17. The summed E-state index contributed by atoms with van der Waals surface area (Å²) in [4.78, 5) is 160. The zero-order valence-corrected chi connectivity index (χ0v) is 72.4. The van der Waals surface area contributed by atoms with Crippen molar-refractivity contribution in [2.45, 2.75) is 285 Å². The van der Waals surface area contributed by atoms with Gasteiger partial charge in [-0.05, 0) is 152 Å². The van der Waals surface area contributed by atoms with Crippen LogP contribution in [-0.4, -0.2) is 140 Å². The summed E-state index contributed by atoms with van der Waals surface area (Å²) in [5.41, 5.74) is 5.11. The summed E-state index contributed by atoms with van der Waals surface area (Å²) in [6.07, 6.45) is 7.04. The number of amides is 8. The van der Waals surface area contributed by atoms with Crippen molar-refractivity contribution in [1.82, 2.24) is 42.5 Å². The number of carbonyl (C=O) groups is 11. The number of carbonyl (C=O) groups excluding carboxylic acids is 11. The number of ether oxygens (including phenoxy) is 6. The number of fused-ring (bicyclic) bond motifs is 3. The van der Waals surface area contributed by atoms with E-state index in [-0.39, 0.29) is 75.4 Å². The lowest BCUT2D eigenvalue weighted by molar-refractivity contribution is -0.160. The molecule has 0 saturated heterocycles. The molecule has 5 aromatic rings. The lowest BCUT2D eigenvalue weighted by Gasteiger charge is -2.30. The Morgan fingerprint density at radius 3 is 1.36 bits per heavy atom. The van der Waals surface area contributed by atoms with E-state index in [4.69, 9.17) is 28.4 Å². The predicted octanol–water partition coefficient (Wildman–Crippen LogP) is 14.0. The van der Waals surface area contributed by atoms with Crippen molar-refractivity contribution < 1.29 is 81.2 Å². The molecule has 0 aromatic heterocycles. The topological polar surface area (TPSA) is 339 Å². The molecule has 0 bridgehead atoms. The van der Waals surface area contributed by atoms with Gasteiger partial charge in [-0.2, -0.15) is 0 Å². The molecule has 1 aliphatic carbocycles. The smallest absolute Gasteiger partial charge is 0.407 e. The van der Waals surface area contributed by atoms with Crippen molar-refractivity contribution in [3.8, 4) is 22.6 Å². The van der Waals surface area contributed by atoms with Gasteiger partial charge in [-0.15, -0.1) is 0 Å².